The van der Waals surface area contributed by atoms with Crippen molar-refractivity contribution in [3.05, 3.63) is 24.3 Å². The van der Waals surface area contributed by atoms with Gasteiger partial charge in [0.1, 0.15) is 12.4 Å². The van der Waals surface area contributed by atoms with Crippen molar-refractivity contribution < 1.29 is 26.4 Å². The third kappa shape index (κ3) is 6.92. The van der Waals surface area contributed by atoms with E-state index in [1.165, 1.54) is 30.7 Å². The molecule has 2 fully saturated rings. The van der Waals surface area contributed by atoms with Gasteiger partial charge in [-0.25, -0.2) is 21.6 Å². The number of sulfonamides is 1. The molecule has 0 radical (unpaired) electrons. The van der Waals surface area contributed by atoms with Crippen molar-refractivity contribution in [1.29, 1.82) is 0 Å². The number of ether oxygens (including phenoxy) is 1. The molecule has 1 aliphatic carbocycles. The maximum Gasteiger partial charge on any atom is 0.240 e. The van der Waals surface area contributed by atoms with Crippen molar-refractivity contribution in [2.24, 2.45) is 5.92 Å². The topological polar surface area (TPSA) is 110 Å². The first-order valence-electron chi connectivity index (χ1n) is 11.4. The number of hydrogen-bond donors (Lipinski definition) is 1. The molecular formula is C22H34N2O6S2. The van der Waals surface area contributed by atoms with Gasteiger partial charge in [0, 0.05) is 30.8 Å². The van der Waals surface area contributed by atoms with E-state index in [1.807, 2.05) is 4.90 Å². The number of nitrogens with zero attached hydrogens (tertiary/aromatic N) is 1. The van der Waals surface area contributed by atoms with Crippen molar-refractivity contribution in [2.45, 2.75) is 62.8 Å². The lowest BCUT2D eigenvalue weighted by molar-refractivity contribution is -0.137. The summed E-state index contributed by atoms with van der Waals surface area (Å²) in [5, 5.41) is 0. The summed E-state index contributed by atoms with van der Waals surface area (Å²) in [6.45, 7) is 2.77. The van der Waals surface area contributed by atoms with Crippen LogP contribution in [-0.2, 0) is 24.7 Å². The molecule has 1 aromatic carbocycles. The van der Waals surface area contributed by atoms with Crippen LogP contribution in [0.25, 0.3) is 0 Å². The number of amides is 1. The smallest absolute Gasteiger partial charge is 0.240 e. The van der Waals surface area contributed by atoms with E-state index in [0.29, 0.717) is 31.7 Å². The minimum absolute atomic E-state index is 0.0265. The molecule has 0 unspecified atom stereocenters. The van der Waals surface area contributed by atoms with Crippen LogP contribution < -0.4 is 9.46 Å². The van der Waals surface area contributed by atoms with Crippen LogP contribution in [0.2, 0.25) is 0 Å². The summed E-state index contributed by atoms with van der Waals surface area (Å²) in [6, 6.07) is 5.75. The Kier molecular flexibility index (Phi) is 8.57. The number of piperidine rings is 1. The predicted octanol–water partition coefficient (Wildman–Crippen LogP) is 2.35. The van der Waals surface area contributed by atoms with E-state index in [-0.39, 0.29) is 40.9 Å². The summed E-state index contributed by atoms with van der Waals surface area (Å²) in [6.07, 6.45) is 6.60. The molecule has 1 aromatic rings. The Morgan fingerprint density at radius 2 is 1.62 bits per heavy atom. The largest absolute Gasteiger partial charge is 0.493 e. The first kappa shape index (κ1) is 25.0. The molecule has 1 saturated carbocycles. The highest BCUT2D eigenvalue weighted by molar-refractivity contribution is 7.91. The van der Waals surface area contributed by atoms with Crippen molar-refractivity contribution in [3.63, 3.8) is 0 Å². The summed E-state index contributed by atoms with van der Waals surface area (Å²) < 4.78 is 56.7. The first-order chi connectivity index (χ1) is 15.2. The Hall–Kier alpha value is -1.65. The third-order valence-corrected chi connectivity index (χ3v) is 9.52. The van der Waals surface area contributed by atoms with Crippen molar-refractivity contribution >= 4 is 25.8 Å². The average molecular weight is 487 g/mol. The second-order valence-corrected chi connectivity index (χ2v) is 12.8. The highest BCUT2D eigenvalue weighted by Crippen LogP contribution is 2.27. The number of carbonyl (C=O) groups is 1. The second kappa shape index (κ2) is 11.0. The molecule has 2 aliphatic rings. The summed E-state index contributed by atoms with van der Waals surface area (Å²) in [4.78, 5) is 14.7. The molecule has 1 amide bonds. The number of sulfone groups is 1. The van der Waals surface area contributed by atoms with Crippen molar-refractivity contribution in [3.8, 4) is 5.75 Å². The first-order valence-corrected chi connectivity index (χ1v) is 14.7. The van der Waals surface area contributed by atoms with Gasteiger partial charge in [0.25, 0.3) is 0 Å². The molecule has 0 bridgehead atoms. The fourth-order valence-corrected chi connectivity index (χ4v) is 6.19. The minimum Gasteiger partial charge on any atom is -0.493 e. The van der Waals surface area contributed by atoms with Gasteiger partial charge >= 0.3 is 0 Å². The van der Waals surface area contributed by atoms with Crippen molar-refractivity contribution in [1.82, 2.24) is 9.62 Å². The fraction of sp³-hybridized carbons (Fsp3) is 0.682. The maximum atomic E-state index is 12.7. The lowest BCUT2D eigenvalue weighted by Gasteiger charge is -2.35. The Balaban J connectivity index is 1.48. The van der Waals surface area contributed by atoms with Gasteiger partial charge in [-0.2, -0.15) is 0 Å². The van der Waals surface area contributed by atoms with E-state index >= 15 is 0 Å². The van der Waals surface area contributed by atoms with Crippen LogP contribution in [0.3, 0.4) is 0 Å². The van der Waals surface area contributed by atoms with Gasteiger partial charge in [-0.1, -0.05) is 26.2 Å². The minimum atomic E-state index is -3.69. The number of benzene rings is 1. The lowest BCUT2D eigenvalue weighted by atomic mass is 9.87. The molecule has 1 heterocycles. The van der Waals surface area contributed by atoms with Gasteiger partial charge < -0.3 is 9.64 Å². The zero-order valence-corrected chi connectivity index (χ0v) is 20.3. The lowest BCUT2D eigenvalue weighted by Crippen LogP contribution is -2.48. The molecule has 180 valence electrons. The Morgan fingerprint density at radius 3 is 2.22 bits per heavy atom. The number of carbonyl (C=O) groups excluding carboxylic acids is 1. The molecule has 32 heavy (non-hydrogen) atoms. The molecule has 3 rings (SSSR count). The molecule has 10 heteroatoms. The highest BCUT2D eigenvalue weighted by atomic mass is 32.2. The van der Waals surface area contributed by atoms with Gasteiger partial charge in [-0.15, -0.1) is 0 Å². The van der Waals surface area contributed by atoms with E-state index < -0.39 is 19.9 Å². The van der Waals surface area contributed by atoms with Gasteiger partial charge in [0.2, 0.25) is 15.9 Å². The number of rotatable bonds is 9. The number of nitrogens with one attached hydrogen (secondary N) is 1. The van der Waals surface area contributed by atoms with E-state index in [2.05, 4.69) is 4.72 Å². The van der Waals surface area contributed by atoms with Crippen LogP contribution in [0.1, 0.15) is 51.9 Å². The molecule has 1 aliphatic heterocycles. The summed E-state index contributed by atoms with van der Waals surface area (Å²) in [5.41, 5.74) is 0. The Labute approximate surface area is 191 Å². The Morgan fingerprint density at radius 1 is 1.00 bits per heavy atom. The van der Waals surface area contributed by atoms with Crippen LogP contribution in [-0.4, -0.2) is 64.9 Å². The Bertz CT molecular complexity index is 962. The molecule has 1 N–H and O–H groups in total. The normalized spacial score (nSPS) is 19.1. The van der Waals surface area contributed by atoms with Gasteiger partial charge in [0.05, 0.1) is 10.6 Å². The van der Waals surface area contributed by atoms with E-state index in [1.54, 1.807) is 6.92 Å². The molecular weight excluding hydrogens is 452 g/mol. The molecule has 0 aromatic heterocycles. The van der Waals surface area contributed by atoms with Crippen LogP contribution in [0, 0.1) is 5.92 Å². The van der Waals surface area contributed by atoms with Crippen LogP contribution in [0.15, 0.2) is 29.2 Å². The van der Waals surface area contributed by atoms with Gasteiger partial charge in [0.15, 0.2) is 9.84 Å². The number of likely N-dealkylation sites (tertiary alicyclic amines) is 1. The number of hydrogen-bond acceptors (Lipinski definition) is 6. The van der Waals surface area contributed by atoms with Crippen LogP contribution >= 0.6 is 0 Å². The van der Waals surface area contributed by atoms with Crippen molar-refractivity contribution in [2.75, 3.05) is 31.2 Å². The molecule has 0 spiro atoms. The SMILES string of the molecule is CCS(=O)(=O)CCOc1ccc(S(=O)(=O)NC2CCN(C(=O)C3CCCCC3)CC2)cc1. The predicted molar refractivity (Wildman–Crippen MR) is 123 cm³/mol. The average Bonchev–Trinajstić information content (AvgIpc) is 2.80. The summed E-state index contributed by atoms with van der Waals surface area (Å²) in [7, 11) is -6.80. The standard InChI is InChI=1S/C22H34N2O6S2/c1-2-31(26,27)17-16-30-20-8-10-21(11-9-20)32(28,29)23-19-12-14-24(15-13-19)22(25)18-6-4-3-5-7-18/h8-11,18-19,23H,2-7,12-17H2,1H3. The van der Waals surface area contributed by atoms with E-state index in [0.717, 1.165) is 25.7 Å². The monoisotopic (exact) mass is 486 g/mol. The fourth-order valence-electron chi connectivity index (χ4n) is 4.26. The van der Waals surface area contributed by atoms with Gasteiger partial charge in [-0.3, -0.25) is 4.79 Å². The molecule has 1 saturated heterocycles. The summed E-state index contributed by atoms with van der Waals surface area (Å²) >= 11 is 0. The van der Waals surface area contributed by atoms with Gasteiger partial charge in [-0.05, 0) is 49.9 Å². The van der Waals surface area contributed by atoms with Crippen LogP contribution in [0.5, 0.6) is 5.75 Å². The summed E-state index contributed by atoms with van der Waals surface area (Å²) in [5.74, 6) is 0.776. The van der Waals surface area contributed by atoms with Crippen LogP contribution in [0.4, 0.5) is 0 Å². The third-order valence-electron chi connectivity index (χ3n) is 6.32. The molecule has 8 nitrogen and oxygen atoms in total. The second-order valence-electron chi connectivity index (χ2n) is 8.61. The zero-order chi connectivity index (χ0) is 23.2. The maximum absolute atomic E-state index is 12.7. The van der Waals surface area contributed by atoms with E-state index in [9.17, 15) is 21.6 Å². The molecule has 0 atom stereocenters. The zero-order valence-electron chi connectivity index (χ0n) is 18.7. The highest BCUT2D eigenvalue weighted by Gasteiger charge is 2.30. The van der Waals surface area contributed by atoms with E-state index in [4.69, 9.17) is 4.74 Å². The quantitative estimate of drug-likeness (QED) is 0.574.